The van der Waals surface area contributed by atoms with Crippen LogP contribution in [0.2, 0.25) is 0 Å². The van der Waals surface area contributed by atoms with Gasteiger partial charge in [-0.05, 0) is 41.7 Å². The van der Waals surface area contributed by atoms with Crippen LogP contribution in [0.1, 0.15) is 49.8 Å². The predicted molar refractivity (Wildman–Crippen MR) is 154 cm³/mol. The summed E-state index contributed by atoms with van der Waals surface area (Å²) in [6, 6.07) is 25.4. The third kappa shape index (κ3) is 9.33. The Morgan fingerprint density at radius 2 is 1.44 bits per heavy atom. The first kappa shape index (κ1) is 30.1. The van der Waals surface area contributed by atoms with E-state index in [9.17, 15) is 18.0 Å². The molecule has 8 heteroatoms. The van der Waals surface area contributed by atoms with Gasteiger partial charge < -0.3 is 10.2 Å². The van der Waals surface area contributed by atoms with Crippen molar-refractivity contribution in [3.05, 3.63) is 102 Å². The number of sulfonamides is 1. The van der Waals surface area contributed by atoms with Crippen molar-refractivity contribution in [2.24, 2.45) is 0 Å². The molecule has 0 saturated heterocycles. The summed E-state index contributed by atoms with van der Waals surface area (Å²) < 4.78 is 27.0. The summed E-state index contributed by atoms with van der Waals surface area (Å²) in [6.45, 7) is 5.00. The molecule has 0 radical (unpaired) electrons. The second kappa shape index (κ2) is 15.2. The van der Waals surface area contributed by atoms with Crippen molar-refractivity contribution in [1.82, 2.24) is 14.9 Å². The summed E-state index contributed by atoms with van der Waals surface area (Å²) >= 11 is 0. The normalized spacial score (nSPS) is 12.1. The zero-order valence-corrected chi connectivity index (χ0v) is 23.6. The molecule has 0 saturated carbocycles. The number of hydrogen-bond donors (Lipinski definition) is 2. The Morgan fingerprint density at radius 3 is 2.03 bits per heavy atom. The zero-order valence-electron chi connectivity index (χ0n) is 22.8. The molecule has 2 amide bonds. The van der Waals surface area contributed by atoms with Gasteiger partial charge in [0.05, 0.1) is 4.90 Å². The van der Waals surface area contributed by atoms with E-state index in [2.05, 4.69) is 17.0 Å². The predicted octanol–water partition coefficient (Wildman–Crippen LogP) is 4.47. The SMILES string of the molecule is CCCCNC(=O)[C@H](Cc1ccccc1)N(Cc1ccccc1)C(=O)CCc1ccc(S(=O)(=O)NCC)cc1. The Morgan fingerprint density at radius 1 is 0.821 bits per heavy atom. The first-order chi connectivity index (χ1) is 18.8. The quantitative estimate of drug-likeness (QED) is 0.274. The van der Waals surface area contributed by atoms with E-state index >= 15 is 0 Å². The summed E-state index contributed by atoms with van der Waals surface area (Å²) in [5, 5.41) is 3.03. The second-order valence-corrected chi connectivity index (χ2v) is 11.3. The van der Waals surface area contributed by atoms with Gasteiger partial charge in [0.1, 0.15) is 6.04 Å². The molecule has 0 bridgehead atoms. The van der Waals surface area contributed by atoms with Crippen molar-refractivity contribution >= 4 is 21.8 Å². The van der Waals surface area contributed by atoms with Crippen LogP contribution in [0.4, 0.5) is 0 Å². The van der Waals surface area contributed by atoms with Crippen molar-refractivity contribution in [3.8, 4) is 0 Å². The van der Waals surface area contributed by atoms with Gasteiger partial charge in [0.15, 0.2) is 0 Å². The molecule has 208 valence electrons. The second-order valence-electron chi connectivity index (χ2n) is 9.50. The number of unbranched alkanes of at least 4 members (excludes halogenated alkanes) is 1. The van der Waals surface area contributed by atoms with E-state index in [1.54, 1.807) is 36.1 Å². The minimum atomic E-state index is -3.54. The van der Waals surface area contributed by atoms with Crippen LogP contribution in [0.25, 0.3) is 0 Å². The van der Waals surface area contributed by atoms with Gasteiger partial charge in [-0.15, -0.1) is 0 Å². The van der Waals surface area contributed by atoms with Gasteiger partial charge in [0.2, 0.25) is 21.8 Å². The molecule has 3 rings (SSSR count). The van der Waals surface area contributed by atoms with Crippen LogP contribution in [0.15, 0.2) is 89.8 Å². The minimum absolute atomic E-state index is 0.130. The van der Waals surface area contributed by atoms with Gasteiger partial charge in [0.25, 0.3) is 0 Å². The van der Waals surface area contributed by atoms with Crippen molar-refractivity contribution < 1.29 is 18.0 Å². The van der Waals surface area contributed by atoms with E-state index < -0.39 is 16.1 Å². The molecular weight excluding hydrogens is 510 g/mol. The molecule has 3 aromatic rings. The standard InChI is InChI=1S/C31H39N3O4S/c1-3-5-22-32-31(36)29(23-26-12-8-6-9-13-26)34(24-27-14-10-7-11-15-27)30(35)21-18-25-16-19-28(20-17-25)39(37,38)33-4-2/h6-17,19-20,29,33H,3-5,18,21-24H2,1-2H3,(H,32,36)/t29-/m0/s1. The topological polar surface area (TPSA) is 95.6 Å². The highest BCUT2D eigenvalue weighted by Crippen LogP contribution is 2.18. The van der Waals surface area contributed by atoms with Crippen LogP contribution in [0.5, 0.6) is 0 Å². The van der Waals surface area contributed by atoms with Crippen LogP contribution in [-0.4, -0.2) is 44.3 Å². The lowest BCUT2D eigenvalue weighted by Crippen LogP contribution is -2.50. The fourth-order valence-corrected chi connectivity index (χ4v) is 5.38. The summed E-state index contributed by atoms with van der Waals surface area (Å²) in [4.78, 5) is 29.1. The fraction of sp³-hybridized carbons (Fsp3) is 0.355. The molecule has 2 N–H and O–H groups in total. The Kier molecular flexibility index (Phi) is 11.7. The molecule has 0 unspecified atom stereocenters. The van der Waals surface area contributed by atoms with E-state index in [1.807, 2.05) is 60.7 Å². The smallest absolute Gasteiger partial charge is 0.243 e. The highest BCUT2D eigenvalue weighted by Gasteiger charge is 2.30. The highest BCUT2D eigenvalue weighted by molar-refractivity contribution is 7.89. The van der Waals surface area contributed by atoms with E-state index in [4.69, 9.17) is 0 Å². The first-order valence-electron chi connectivity index (χ1n) is 13.6. The van der Waals surface area contributed by atoms with E-state index in [0.717, 1.165) is 29.5 Å². The molecule has 0 aliphatic carbocycles. The maximum Gasteiger partial charge on any atom is 0.243 e. The largest absolute Gasteiger partial charge is 0.354 e. The maximum absolute atomic E-state index is 13.7. The Balaban J connectivity index is 1.83. The first-order valence-corrected chi connectivity index (χ1v) is 15.1. The summed E-state index contributed by atoms with van der Waals surface area (Å²) in [6.07, 6.45) is 2.87. The Labute approximate surface area is 232 Å². The average Bonchev–Trinajstić information content (AvgIpc) is 2.95. The van der Waals surface area contributed by atoms with Gasteiger partial charge in [0, 0.05) is 32.5 Å². The zero-order chi connectivity index (χ0) is 28.1. The number of nitrogens with one attached hydrogen (secondary N) is 2. The molecule has 3 aromatic carbocycles. The molecule has 0 aliphatic heterocycles. The van der Waals surface area contributed by atoms with Gasteiger partial charge in [-0.1, -0.05) is 93.1 Å². The molecule has 0 heterocycles. The Hall–Kier alpha value is -3.49. The number of amides is 2. The van der Waals surface area contributed by atoms with Crippen molar-refractivity contribution in [3.63, 3.8) is 0 Å². The lowest BCUT2D eigenvalue weighted by molar-refractivity contribution is -0.141. The Bertz CT molecular complexity index is 1280. The van der Waals surface area contributed by atoms with Crippen molar-refractivity contribution in [2.45, 2.75) is 63.4 Å². The van der Waals surface area contributed by atoms with E-state index in [1.165, 1.54) is 0 Å². The molecule has 0 spiro atoms. The maximum atomic E-state index is 13.7. The van der Waals surface area contributed by atoms with Gasteiger partial charge in [-0.3, -0.25) is 9.59 Å². The monoisotopic (exact) mass is 549 g/mol. The van der Waals surface area contributed by atoms with Crippen molar-refractivity contribution in [1.29, 1.82) is 0 Å². The van der Waals surface area contributed by atoms with Crippen LogP contribution in [0, 0.1) is 0 Å². The third-order valence-corrected chi connectivity index (χ3v) is 8.05. The number of carbonyl (C=O) groups is 2. The summed E-state index contributed by atoms with van der Waals surface area (Å²) in [7, 11) is -3.54. The molecule has 39 heavy (non-hydrogen) atoms. The lowest BCUT2D eigenvalue weighted by Gasteiger charge is -2.31. The number of rotatable bonds is 15. The number of benzene rings is 3. The van der Waals surface area contributed by atoms with Gasteiger partial charge in [-0.2, -0.15) is 0 Å². The molecule has 0 aromatic heterocycles. The number of aryl methyl sites for hydroxylation is 1. The number of nitrogens with zero attached hydrogens (tertiary/aromatic N) is 1. The average molecular weight is 550 g/mol. The number of carbonyl (C=O) groups excluding carboxylic acids is 2. The molecule has 0 fully saturated rings. The molecule has 7 nitrogen and oxygen atoms in total. The third-order valence-electron chi connectivity index (χ3n) is 6.49. The number of hydrogen-bond acceptors (Lipinski definition) is 4. The van der Waals surface area contributed by atoms with Crippen LogP contribution < -0.4 is 10.0 Å². The summed E-state index contributed by atoms with van der Waals surface area (Å²) in [5.74, 6) is -0.288. The van der Waals surface area contributed by atoms with E-state index in [0.29, 0.717) is 32.5 Å². The van der Waals surface area contributed by atoms with Crippen LogP contribution in [-0.2, 0) is 39.0 Å². The molecular formula is C31H39N3O4S. The summed E-state index contributed by atoms with van der Waals surface area (Å²) in [5.41, 5.74) is 2.78. The lowest BCUT2D eigenvalue weighted by atomic mass is 10.0. The molecule has 0 aliphatic rings. The molecule has 1 atom stereocenters. The van der Waals surface area contributed by atoms with E-state index in [-0.39, 0.29) is 23.1 Å². The van der Waals surface area contributed by atoms with Crippen LogP contribution >= 0.6 is 0 Å². The van der Waals surface area contributed by atoms with Crippen LogP contribution in [0.3, 0.4) is 0 Å². The highest BCUT2D eigenvalue weighted by atomic mass is 32.2. The van der Waals surface area contributed by atoms with Crippen molar-refractivity contribution in [2.75, 3.05) is 13.1 Å². The van der Waals surface area contributed by atoms with Gasteiger partial charge >= 0.3 is 0 Å². The van der Waals surface area contributed by atoms with Gasteiger partial charge in [-0.25, -0.2) is 13.1 Å². The minimum Gasteiger partial charge on any atom is -0.354 e. The fourth-order valence-electron chi connectivity index (χ4n) is 4.34.